The molecular weight excluding hydrogens is 296 g/mol. The topological polar surface area (TPSA) is 100.0 Å². The molecule has 0 unspecified atom stereocenters. The molecule has 0 radical (unpaired) electrons. The van der Waals surface area contributed by atoms with Crippen LogP contribution in [0.5, 0.6) is 0 Å². The van der Waals surface area contributed by atoms with Crippen molar-refractivity contribution in [3.8, 4) is 0 Å². The van der Waals surface area contributed by atoms with E-state index in [0.29, 0.717) is 5.69 Å². The minimum absolute atomic E-state index is 0.112. The van der Waals surface area contributed by atoms with Gasteiger partial charge in [-0.1, -0.05) is 6.92 Å². The number of nitrogen functional groups attached to an aromatic ring is 1. The summed E-state index contributed by atoms with van der Waals surface area (Å²) in [4.78, 5) is 4.55. The van der Waals surface area contributed by atoms with Gasteiger partial charge in [0.2, 0.25) is 0 Å². The van der Waals surface area contributed by atoms with Crippen LogP contribution in [0.1, 0.15) is 12.6 Å². The van der Waals surface area contributed by atoms with Crippen molar-refractivity contribution < 1.29 is 22.0 Å². The quantitative estimate of drug-likeness (QED) is 0.556. The minimum Gasteiger partial charge on any atom is -0.369 e. The zero-order valence-electron chi connectivity index (χ0n) is 12.2. The van der Waals surface area contributed by atoms with Gasteiger partial charge in [0.15, 0.2) is 5.69 Å². The summed E-state index contributed by atoms with van der Waals surface area (Å²) in [6, 6.07) is 3.42. The van der Waals surface area contributed by atoms with Gasteiger partial charge in [-0.05, 0) is 11.3 Å². The summed E-state index contributed by atoms with van der Waals surface area (Å²) >= 11 is 0. The summed E-state index contributed by atoms with van der Waals surface area (Å²) < 4.78 is 35.7. The molecule has 1 fully saturated rings. The molecule has 21 heavy (non-hydrogen) atoms. The van der Waals surface area contributed by atoms with E-state index in [-0.39, 0.29) is 5.82 Å². The van der Waals surface area contributed by atoms with Crippen LogP contribution >= 0.6 is 0 Å². The van der Waals surface area contributed by atoms with Crippen molar-refractivity contribution in [1.29, 1.82) is 0 Å². The maximum Gasteiger partial charge on any atom is 0.482 e. The molecule has 1 aliphatic heterocycles. The number of rotatable bonds is 4. The van der Waals surface area contributed by atoms with Crippen molar-refractivity contribution in [3.05, 3.63) is 17.8 Å². The van der Waals surface area contributed by atoms with E-state index in [1.807, 2.05) is 0 Å². The Morgan fingerprint density at radius 1 is 1.33 bits per heavy atom. The molecule has 1 aliphatic rings. The molecule has 0 bridgehead atoms. The lowest BCUT2D eigenvalue weighted by Gasteiger charge is -2.35. The van der Waals surface area contributed by atoms with Crippen molar-refractivity contribution in [2.45, 2.75) is 13.8 Å². The van der Waals surface area contributed by atoms with Gasteiger partial charge in [0, 0.05) is 44.9 Å². The van der Waals surface area contributed by atoms with E-state index in [1.165, 1.54) is 0 Å². The third kappa shape index (κ3) is 3.96. The van der Waals surface area contributed by atoms with Crippen molar-refractivity contribution in [3.63, 3.8) is 0 Å². The SMILES string of the molecule is CCN1CCN(c2cc(C)[n+](OS(=O)(=O)O)c(N)c2)CC1. The van der Waals surface area contributed by atoms with E-state index in [2.05, 4.69) is 21.0 Å². The van der Waals surface area contributed by atoms with Crippen molar-refractivity contribution in [2.24, 2.45) is 0 Å². The third-order valence-electron chi connectivity index (χ3n) is 3.56. The van der Waals surface area contributed by atoms with Gasteiger partial charge >= 0.3 is 16.2 Å². The highest BCUT2D eigenvalue weighted by molar-refractivity contribution is 7.80. The zero-order valence-corrected chi connectivity index (χ0v) is 13.0. The number of nitrogens with two attached hydrogens (primary N) is 1. The molecule has 0 spiro atoms. The lowest BCUT2D eigenvalue weighted by molar-refractivity contribution is -0.849. The molecule has 1 aromatic rings. The lowest BCUT2D eigenvalue weighted by atomic mass is 10.2. The maximum absolute atomic E-state index is 10.8. The van der Waals surface area contributed by atoms with Gasteiger partial charge in [-0.2, -0.15) is 12.7 Å². The van der Waals surface area contributed by atoms with E-state index in [0.717, 1.165) is 43.1 Å². The predicted octanol–water partition coefficient (Wildman–Crippen LogP) is -0.762. The predicted molar refractivity (Wildman–Crippen MR) is 78.2 cm³/mol. The second-order valence-electron chi connectivity index (χ2n) is 5.00. The highest BCUT2D eigenvalue weighted by Crippen LogP contribution is 2.18. The molecule has 2 heterocycles. The number of hydrogen-bond acceptors (Lipinski definition) is 6. The van der Waals surface area contributed by atoms with Gasteiger partial charge in [0.25, 0.3) is 0 Å². The Kier molecular flexibility index (Phi) is 4.55. The first kappa shape index (κ1) is 15.8. The summed E-state index contributed by atoms with van der Waals surface area (Å²) in [5.74, 6) is 0.112. The van der Waals surface area contributed by atoms with Crippen LogP contribution in [0.15, 0.2) is 12.1 Å². The number of nitrogens with zero attached hydrogens (tertiary/aromatic N) is 3. The summed E-state index contributed by atoms with van der Waals surface area (Å²) in [5.41, 5.74) is 7.21. The molecule has 0 aromatic carbocycles. The van der Waals surface area contributed by atoms with E-state index in [9.17, 15) is 8.42 Å². The normalized spacial score (nSPS) is 17.0. The maximum atomic E-state index is 10.8. The summed E-state index contributed by atoms with van der Waals surface area (Å²) in [7, 11) is -4.61. The van der Waals surface area contributed by atoms with E-state index in [1.54, 1.807) is 19.1 Å². The largest absolute Gasteiger partial charge is 0.482 e. The third-order valence-corrected chi connectivity index (χ3v) is 3.90. The Bertz CT molecular complexity index is 589. The zero-order chi connectivity index (χ0) is 15.6. The second-order valence-corrected chi connectivity index (χ2v) is 6.00. The van der Waals surface area contributed by atoms with Crippen LogP contribution in [0.4, 0.5) is 11.5 Å². The number of aryl methyl sites for hydroxylation is 1. The Hall–Kier alpha value is -1.58. The Morgan fingerprint density at radius 2 is 1.95 bits per heavy atom. The molecule has 0 atom stereocenters. The summed E-state index contributed by atoms with van der Waals surface area (Å²) in [6.07, 6.45) is 0. The summed E-state index contributed by atoms with van der Waals surface area (Å²) in [6.45, 7) is 8.55. The van der Waals surface area contributed by atoms with Gasteiger partial charge in [0.05, 0.1) is 6.07 Å². The Labute approximate surface area is 124 Å². The highest BCUT2D eigenvalue weighted by atomic mass is 32.3. The molecule has 3 N–H and O–H groups in total. The van der Waals surface area contributed by atoms with Crippen LogP contribution in [0.2, 0.25) is 0 Å². The summed E-state index contributed by atoms with van der Waals surface area (Å²) in [5, 5.41) is 0. The van der Waals surface area contributed by atoms with Crippen LogP contribution in [-0.4, -0.2) is 50.6 Å². The number of aromatic nitrogens is 1. The molecule has 1 saturated heterocycles. The first-order valence-electron chi connectivity index (χ1n) is 6.77. The van der Waals surface area contributed by atoms with Crippen LogP contribution in [0.3, 0.4) is 0 Å². The van der Waals surface area contributed by atoms with Crippen LogP contribution in [0, 0.1) is 6.92 Å². The number of anilines is 2. The minimum atomic E-state index is -4.61. The lowest BCUT2D eigenvalue weighted by Crippen LogP contribution is -2.51. The molecule has 1 aromatic heterocycles. The smallest absolute Gasteiger partial charge is 0.369 e. The van der Waals surface area contributed by atoms with E-state index >= 15 is 0 Å². The van der Waals surface area contributed by atoms with Crippen LogP contribution in [0.25, 0.3) is 0 Å². The fraction of sp³-hybridized carbons (Fsp3) is 0.583. The van der Waals surface area contributed by atoms with Gasteiger partial charge in [0.1, 0.15) is 0 Å². The van der Waals surface area contributed by atoms with Gasteiger partial charge in [-0.3, -0.25) is 10.3 Å². The average Bonchev–Trinajstić information content (AvgIpc) is 2.42. The molecule has 8 nitrogen and oxygen atoms in total. The van der Waals surface area contributed by atoms with Crippen LogP contribution in [-0.2, 0) is 10.4 Å². The van der Waals surface area contributed by atoms with Gasteiger partial charge < -0.3 is 9.80 Å². The standard InChI is InChI=1S/C12H20N4O4S/c1-3-14-4-6-15(7-5-14)11-8-10(2)16(12(13)9-11)20-21(17,18)19/h8-9,13H,3-7H2,1-2H3,(H,17,18,19)/p+1. The molecule has 0 saturated carbocycles. The number of hydrogen-bond donors (Lipinski definition) is 2. The number of likely N-dealkylation sites (N-methyl/N-ethyl adjacent to an activating group) is 1. The van der Waals surface area contributed by atoms with Crippen molar-refractivity contribution in [1.82, 2.24) is 4.90 Å². The average molecular weight is 317 g/mol. The van der Waals surface area contributed by atoms with Crippen molar-refractivity contribution >= 4 is 21.9 Å². The van der Waals surface area contributed by atoms with Gasteiger partial charge in [-0.25, -0.2) is 0 Å². The molecule has 0 amide bonds. The first-order chi connectivity index (χ1) is 9.80. The van der Waals surface area contributed by atoms with E-state index in [4.69, 9.17) is 10.3 Å². The molecular formula is C12H21N4O4S+. The fourth-order valence-corrected chi connectivity index (χ4v) is 2.82. The molecule has 9 heteroatoms. The monoisotopic (exact) mass is 317 g/mol. The van der Waals surface area contributed by atoms with Crippen molar-refractivity contribution in [2.75, 3.05) is 43.4 Å². The Balaban J connectivity index is 2.20. The number of pyridine rings is 1. The highest BCUT2D eigenvalue weighted by Gasteiger charge is 2.22. The number of piperazine rings is 1. The van der Waals surface area contributed by atoms with Gasteiger partial charge in [-0.15, -0.1) is 0 Å². The molecule has 118 valence electrons. The van der Waals surface area contributed by atoms with E-state index < -0.39 is 10.4 Å². The molecule has 0 aliphatic carbocycles. The second kappa shape index (κ2) is 6.04. The fourth-order valence-electron chi connectivity index (χ4n) is 2.43. The Morgan fingerprint density at radius 3 is 2.43 bits per heavy atom. The molecule has 2 rings (SSSR count). The first-order valence-corrected chi connectivity index (χ1v) is 8.13. The van der Waals surface area contributed by atoms with Crippen LogP contribution < -0.4 is 19.6 Å².